The highest BCUT2D eigenvalue weighted by Gasteiger charge is 2.14. The Morgan fingerprint density at radius 1 is 1.18 bits per heavy atom. The number of aryl methyl sites for hydroxylation is 1. The van der Waals surface area contributed by atoms with Crippen LogP contribution in [0.1, 0.15) is 22.7 Å². The lowest BCUT2D eigenvalue weighted by Crippen LogP contribution is -2.26. The van der Waals surface area contributed by atoms with Crippen LogP contribution in [0.3, 0.4) is 0 Å². The van der Waals surface area contributed by atoms with Crippen molar-refractivity contribution in [3.8, 4) is 6.07 Å². The lowest BCUT2D eigenvalue weighted by molar-refractivity contribution is 0.312. The van der Waals surface area contributed by atoms with Gasteiger partial charge in [0.2, 0.25) is 0 Å². The molecule has 114 valence electrons. The van der Waals surface area contributed by atoms with Gasteiger partial charge in [-0.05, 0) is 44.8 Å². The topological polar surface area (TPSA) is 39.1 Å². The Kier molecular flexibility index (Phi) is 5.43. The molecule has 2 aromatic rings. The summed E-state index contributed by atoms with van der Waals surface area (Å²) in [5, 5.41) is 12.8. The van der Waals surface area contributed by atoms with Gasteiger partial charge in [-0.25, -0.2) is 0 Å². The van der Waals surface area contributed by atoms with Crippen LogP contribution in [0.5, 0.6) is 0 Å². The Bertz CT molecular complexity index is 672. The lowest BCUT2D eigenvalue weighted by Gasteiger charge is -2.25. The molecule has 0 aliphatic heterocycles. The first-order chi connectivity index (χ1) is 10.5. The van der Waals surface area contributed by atoms with E-state index in [0.29, 0.717) is 10.6 Å². The molecule has 1 atom stereocenters. The average molecular weight is 314 g/mol. The smallest absolute Gasteiger partial charge is 0.101 e. The molecule has 22 heavy (non-hydrogen) atoms. The van der Waals surface area contributed by atoms with E-state index in [1.165, 1.54) is 11.1 Å². The van der Waals surface area contributed by atoms with Crippen molar-refractivity contribution in [3.05, 3.63) is 64.2 Å². The zero-order chi connectivity index (χ0) is 16.1. The number of likely N-dealkylation sites (N-methyl/N-ethyl adjacent to an activating group) is 1. The monoisotopic (exact) mass is 313 g/mol. The van der Waals surface area contributed by atoms with E-state index in [1.807, 2.05) is 6.07 Å². The summed E-state index contributed by atoms with van der Waals surface area (Å²) >= 11 is 6.07. The van der Waals surface area contributed by atoms with Crippen molar-refractivity contribution in [3.63, 3.8) is 0 Å². The molecule has 4 heteroatoms. The third-order valence-corrected chi connectivity index (χ3v) is 3.99. The minimum atomic E-state index is 0.259. The standard InChI is InChI=1S/C18H20ClN3/c1-13-4-6-14(7-5-13)18(22(2)3)12-21-16-9-8-15(11-20)17(19)10-16/h4-10,18,21H,12H2,1-3H3/t18-/m0/s1. The number of anilines is 1. The number of nitriles is 1. The molecule has 0 spiro atoms. The molecule has 0 bridgehead atoms. The first kappa shape index (κ1) is 16.4. The summed E-state index contributed by atoms with van der Waals surface area (Å²) < 4.78 is 0. The zero-order valence-corrected chi connectivity index (χ0v) is 13.9. The maximum absolute atomic E-state index is 8.91. The summed E-state index contributed by atoms with van der Waals surface area (Å²) in [6.07, 6.45) is 0. The highest BCUT2D eigenvalue weighted by Crippen LogP contribution is 2.23. The third-order valence-electron chi connectivity index (χ3n) is 3.67. The predicted octanol–water partition coefficient (Wildman–Crippen LogP) is 4.23. The first-order valence-electron chi connectivity index (χ1n) is 7.18. The van der Waals surface area contributed by atoms with Gasteiger partial charge in [-0.15, -0.1) is 0 Å². The van der Waals surface area contributed by atoms with E-state index in [1.54, 1.807) is 12.1 Å². The fourth-order valence-electron chi connectivity index (χ4n) is 2.32. The molecule has 0 aliphatic carbocycles. The van der Waals surface area contributed by atoms with Crippen molar-refractivity contribution in [2.24, 2.45) is 0 Å². The Morgan fingerprint density at radius 3 is 2.41 bits per heavy atom. The highest BCUT2D eigenvalue weighted by molar-refractivity contribution is 6.32. The molecule has 3 nitrogen and oxygen atoms in total. The van der Waals surface area contributed by atoms with Crippen molar-refractivity contribution in [1.29, 1.82) is 5.26 Å². The molecule has 0 amide bonds. The van der Waals surface area contributed by atoms with Gasteiger partial charge in [0, 0.05) is 12.2 Å². The van der Waals surface area contributed by atoms with Gasteiger partial charge in [0.15, 0.2) is 0 Å². The lowest BCUT2D eigenvalue weighted by atomic mass is 10.0. The molecule has 0 aliphatic rings. The molecule has 0 fully saturated rings. The number of hydrogen-bond acceptors (Lipinski definition) is 3. The van der Waals surface area contributed by atoms with Gasteiger partial charge in [-0.3, -0.25) is 0 Å². The van der Waals surface area contributed by atoms with Crippen LogP contribution in [0, 0.1) is 18.3 Å². The molecular weight excluding hydrogens is 294 g/mol. The normalized spacial score (nSPS) is 12.0. The second kappa shape index (κ2) is 7.31. The fourth-order valence-corrected chi connectivity index (χ4v) is 2.54. The summed E-state index contributed by atoms with van der Waals surface area (Å²) in [5.74, 6) is 0. The van der Waals surface area contributed by atoms with Crippen molar-refractivity contribution in [2.45, 2.75) is 13.0 Å². The molecule has 0 unspecified atom stereocenters. The minimum Gasteiger partial charge on any atom is -0.383 e. The van der Waals surface area contributed by atoms with Crippen LogP contribution in [-0.2, 0) is 0 Å². The second-order valence-electron chi connectivity index (χ2n) is 5.58. The SMILES string of the molecule is Cc1ccc([C@H](CNc2ccc(C#N)c(Cl)c2)N(C)C)cc1. The van der Waals surface area contributed by atoms with E-state index >= 15 is 0 Å². The van der Waals surface area contributed by atoms with Crippen LogP contribution in [0.2, 0.25) is 5.02 Å². The Balaban J connectivity index is 2.11. The first-order valence-corrected chi connectivity index (χ1v) is 7.55. The zero-order valence-electron chi connectivity index (χ0n) is 13.1. The van der Waals surface area contributed by atoms with Gasteiger partial charge in [-0.2, -0.15) is 5.26 Å². The van der Waals surface area contributed by atoms with Gasteiger partial charge in [0.25, 0.3) is 0 Å². The van der Waals surface area contributed by atoms with Crippen LogP contribution in [0.25, 0.3) is 0 Å². The number of nitrogens with zero attached hydrogens (tertiary/aromatic N) is 2. The number of nitrogens with one attached hydrogen (secondary N) is 1. The van der Waals surface area contributed by atoms with Crippen molar-refractivity contribution in [2.75, 3.05) is 26.0 Å². The van der Waals surface area contributed by atoms with Crippen LogP contribution in [-0.4, -0.2) is 25.5 Å². The summed E-state index contributed by atoms with van der Waals surface area (Å²) in [7, 11) is 4.13. The van der Waals surface area contributed by atoms with E-state index in [2.05, 4.69) is 61.6 Å². The van der Waals surface area contributed by atoms with Crippen LogP contribution in [0.15, 0.2) is 42.5 Å². The summed E-state index contributed by atoms with van der Waals surface area (Å²) in [6, 6.07) is 16.3. The number of halogens is 1. The van der Waals surface area contributed by atoms with Crippen molar-refractivity contribution >= 4 is 17.3 Å². The minimum absolute atomic E-state index is 0.259. The molecule has 0 saturated heterocycles. The van der Waals surface area contributed by atoms with Gasteiger partial charge in [0.05, 0.1) is 16.6 Å². The summed E-state index contributed by atoms with van der Waals surface area (Å²) in [4.78, 5) is 2.18. The van der Waals surface area contributed by atoms with E-state index in [9.17, 15) is 0 Å². The third kappa shape index (κ3) is 4.00. The fraction of sp³-hybridized carbons (Fsp3) is 0.278. The molecule has 2 aromatic carbocycles. The van der Waals surface area contributed by atoms with E-state index < -0.39 is 0 Å². The number of hydrogen-bond donors (Lipinski definition) is 1. The largest absolute Gasteiger partial charge is 0.383 e. The van der Waals surface area contributed by atoms with Crippen LogP contribution < -0.4 is 5.32 Å². The Morgan fingerprint density at radius 2 is 1.86 bits per heavy atom. The molecule has 2 rings (SSSR count). The van der Waals surface area contributed by atoms with Gasteiger partial charge in [-0.1, -0.05) is 41.4 Å². The maximum atomic E-state index is 8.91. The van der Waals surface area contributed by atoms with Gasteiger partial charge < -0.3 is 10.2 Å². The van der Waals surface area contributed by atoms with E-state index in [-0.39, 0.29) is 6.04 Å². The number of rotatable bonds is 5. The van der Waals surface area contributed by atoms with Crippen LogP contribution in [0.4, 0.5) is 5.69 Å². The molecular formula is C18H20ClN3. The van der Waals surface area contributed by atoms with Crippen molar-refractivity contribution < 1.29 is 0 Å². The van der Waals surface area contributed by atoms with E-state index in [0.717, 1.165) is 12.2 Å². The van der Waals surface area contributed by atoms with E-state index in [4.69, 9.17) is 16.9 Å². The average Bonchev–Trinajstić information content (AvgIpc) is 2.49. The Labute approximate surface area is 137 Å². The predicted molar refractivity (Wildman–Crippen MR) is 92.3 cm³/mol. The van der Waals surface area contributed by atoms with Gasteiger partial charge >= 0.3 is 0 Å². The molecule has 1 N–H and O–H groups in total. The number of benzene rings is 2. The molecule has 0 heterocycles. The maximum Gasteiger partial charge on any atom is 0.101 e. The van der Waals surface area contributed by atoms with Crippen LogP contribution >= 0.6 is 11.6 Å². The summed E-state index contributed by atoms with van der Waals surface area (Å²) in [6.45, 7) is 2.85. The Hall–Kier alpha value is -2.02. The quantitative estimate of drug-likeness (QED) is 0.897. The summed E-state index contributed by atoms with van der Waals surface area (Å²) in [5.41, 5.74) is 3.94. The van der Waals surface area contributed by atoms with Gasteiger partial charge in [0.1, 0.15) is 6.07 Å². The highest BCUT2D eigenvalue weighted by atomic mass is 35.5. The molecule has 0 radical (unpaired) electrons. The molecule has 0 aromatic heterocycles. The second-order valence-corrected chi connectivity index (χ2v) is 5.98. The van der Waals surface area contributed by atoms with Crippen molar-refractivity contribution in [1.82, 2.24) is 4.90 Å². The molecule has 0 saturated carbocycles.